The fourth-order valence-electron chi connectivity index (χ4n) is 3.41. The quantitative estimate of drug-likeness (QED) is 0.791. The van der Waals surface area contributed by atoms with E-state index < -0.39 is 0 Å². The van der Waals surface area contributed by atoms with E-state index in [9.17, 15) is 9.59 Å². The second-order valence-corrected chi connectivity index (χ2v) is 7.78. The van der Waals surface area contributed by atoms with Crippen LogP contribution in [0.5, 0.6) is 0 Å². The lowest BCUT2D eigenvalue weighted by molar-refractivity contribution is -0.143. The number of rotatable bonds is 3. The summed E-state index contributed by atoms with van der Waals surface area (Å²) in [6.07, 6.45) is 5.27. The zero-order valence-corrected chi connectivity index (χ0v) is 12.5. The van der Waals surface area contributed by atoms with E-state index in [0.717, 1.165) is 18.7 Å². The Morgan fingerprint density at radius 2 is 2.26 bits per heavy atom. The van der Waals surface area contributed by atoms with E-state index >= 15 is 0 Å². The maximum absolute atomic E-state index is 12.6. The molecule has 3 fully saturated rings. The molecule has 1 aliphatic carbocycles. The maximum atomic E-state index is 12.6. The van der Waals surface area contributed by atoms with E-state index in [-0.39, 0.29) is 22.7 Å². The van der Waals surface area contributed by atoms with Gasteiger partial charge in [-0.15, -0.1) is 11.8 Å². The second-order valence-electron chi connectivity index (χ2n) is 6.28. The number of hydrogen-bond acceptors (Lipinski definition) is 3. The summed E-state index contributed by atoms with van der Waals surface area (Å²) in [6, 6.07) is -0.227. The van der Waals surface area contributed by atoms with Crippen LogP contribution >= 0.6 is 11.8 Å². The minimum Gasteiger partial charge on any atom is -0.344 e. The van der Waals surface area contributed by atoms with Crippen molar-refractivity contribution >= 4 is 23.6 Å². The molecule has 0 N–H and O–H groups in total. The third kappa shape index (κ3) is 2.16. The van der Waals surface area contributed by atoms with Crippen LogP contribution in [-0.2, 0) is 9.59 Å². The van der Waals surface area contributed by atoms with Crippen molar-refractivity contribution in [2.75, 3.05) is 19.3 Å². The third-order valence-corrected chi connectivity index (χ3v) is 6.37. The lowest BCUT2D eigenvalue weighted by Gasteiger charge is -2.34. The lowest BCUT2D eigenvalue weighted by atomic mass is 9.85. The zero-order valence-electron chi connectivity index (χ0n) is 11.7. The van der Waals surface area contributed by atoms with E-state index in [1.54, 1.807) is 11.8 Å². The Labute approximate surface area is 118 Å². The van der Waals surface area contributed by atoms with Gasteiger partial charge in [-0.25, -0.2) is 0 Å². The van der Waals surface area contributed by atoms with Crippen LogP contribution in [0, 0.1) is 5.92 Å². The highest BCUT2D eigenvalue weighted by Crippen LogP contribution is 2.47. The van der Waals surface area contributed by atoms with Crippen LogP contribution < -0.4 is 0 Å². The summed E-state index contributed by atoms with van der Waals surface area (Å²) >= 11 is 1.77. The normalized spacial score (nSPS) is 34.3. The highest BCUT2D eigenvalue weighted by atomic mass is 32.2. The smallest absolute Gasteiger partial charge is 0.246 e. The fourth-order valence-corrected chi connectivity index (χ4v) is 4.83. The second kappa shape index (κ2) is 4.69. The molecule has 106 valence electrons. The summed E-state index contributed by atoms with van der Waals surface area (Å²) in [5, 5.41) is 0. The van der Waals surface area contributed by atoms with Crippen LogP contribution in [-0.4, -0.2) is 51.9 Å². The molecule has 0 bridgehead atoms. The molecule has 3 rings (SSSR count). The van der Waals surface area contributed by atoms with Crippen LogP contribution in [0.3, 0.4) is 0 Å². The van der Waals surface area contributed by atoms with Gasteiger partial charge in [0, 0.05) is 25.8 Å². The van der Waals surface area contributed by atoms with Gasteiger partial charge in [-0.1, -0.05) is 6.42 Å². The number of carbonyl (C=O) groups is 2. The van der Waals surface area contributed by atoms with E-state index in [2.05, 4.69) is 6.92 Å². The summed E-state index contributed by atoms with van der Waals surface area (Å²) in [4.78, 5) is 28.2. The Morgan fingerprint density at radius 3 is 2.89 bits per heavy atom. The fraction of sp³-hybridized carbons (Fsp3) is 0.857. The van der Waals surface area contributed by atoms with Gasteiger partial charge >= 0.3 is 0 Å². The SMILES string of the molecule is CN(CC1CCC1)C(=O)C1CSC2(C)CCC(=O)N12. The highest BCUT2D eigenvalue weighted by molar-refractivity contribution is 8.01. The predicted octanol–water partition coefficient (Wildman–Crippen LogP) is 1.70. The zero-order chi connectivity index (χ0) is 13.6. The number of hydrogen-bond donors (Lipinski definition) is 0. The molecule has 3 aliphatic rings. The minimum absolute atomic E-state index is 0.130. The van der Waals surface area contributed by atoms with Gasteiger partial charge in [0.25, 0.3) is 0 Å². The molecule has 0 spiro atoms. The molecule has 2 saturated heterocycles. The Bertz CT molecular complexity index is 410. The van der Waals surface area contributed by atoms with E-state index in [1.165, 1.54) is 19.3 Å². The third-order valence-electron chi connectivity index (χ3n) is 4.86. The molecular formula is C14H22N2O2S. The average molecular weight is 282 g/mol. The first-order valence-electron chi connectivity index (χ1n) is 7.22. The standard InChI is InChI=1S/C14H22N2O2S/c1-14-7-6-12(17)16(14)11(9-19-14)13(18)15(2)8-10-4-3-5-10/h10-11H,3-9H2,1-2H3. The summed E-state index contributed by atoms with van der Waals surface area (Å²) < 4.78 is 0. The molecular weight excluding hydrogens is 260 g/mol. The number of amides is 2. The maximum Gasteiger partial charge on any atom is 0.246 e. The van der Waals surface area contributed by atoms with Crippen molar-refractivity contribution in [1.82, 2.24) is 9.80 Å². The molecule has 2 unspecified atom stereocenters. The van der Waals surface area contributed by atoms with Gasteiger partial charge in [0.15, 0.2) is 0 Å². The molecule has 0 aromatic rings. The number of thioether (sulfide) groups is 1. The van der Waals surface area contributed by atoms with Crippen molar-refractivity contribution < 1.29 is 9.59 Å². The molecule has 2 aliphatic heterocycles. The van der Waals surface area contributed by atoms with E-state index in [0.29, 0.717) is 12.3 Å². The monoisotopic (exact) mass is 282 g/mol. The van der Waals surface area contributed by atoms with Crippen molar-refractivity contribution in [1.29, 1.82) is 0 Å². The van der Waals surface area contributed by atoms with Gasteiger partial charge in [0.1, 0.15) is 6.04 Å². The van der Waals surface area contributed by atoms with Gasteiger partial charge in [-0.2, -0.15) is 0 Å². The van der Waals surface area contributed by atoms with Crippen molar-refractivity contribution in [3.05, 3.63) is 0 Å². The van der Waals surface area contributed by atoms with Crippen molar-refractivity contribution in [2.45, 2.75) is 49.9 Å². The molecule has 2 amide bonds. The largest absolute Gasteiger partial charge is 0.344 e. The molecule has 0 radical (unpaired) electrons. The number of nitrogens with zero attached hydrogens (tertiary/aromatic N) is 2. The van der Waals surface area contributed by atoms with Gasteiger partial charge in [-0.05, 0) is 32.1 Å². The first-order chi connectivity index (χ1) is 9.01. The molecule has 2 heterocycles. The van der Waals surface area contributed by atoms with Gasteiger partial charge in [-0.3, -0.25) is 9.59 Å². The number of fused-ring (bicyclic) bond motifs is 1. The average Bonchev–Trinajstić information content (AvgIpc) is 2.81. The van der Waals surface area contributed by atoms with Crippen molar-refractivity contribution in [3.63, 3.8) is 0 Å². The Kier molecular flexibility index (Phi) is 3.28. The van der Waals surface area contributed by atoms with Crippen LogP contribution in [0.1, 0.15) is 39.0 Å². The van der Waals surface area contributed by atoms with Gasteiger partial charge in [0.2, 0.25) is 11.8 Å². The molecule has 19 heavy (non-hydrogen) atoms. The minimum atomic E-state index is -0.227. The number of carbonyl (C=O) groups excluding carboxylic acids is 2. The van der Waals surface area contributed by atoms with Crippen LogP contribution in [0.25, 0.3) is 0 Å². The van der Waals surface area contributed by atoms with Crippen LogP contribution in [0.15, 0.2) is 0 Å². The predicted molar refractivity (Wildman–Crippen MR) is 75.7 cm³/mol. The summed E-state index contributed by atoms with van der Waals surface area (Å²) in [5.74, 6) is 1.74. The van der Waals surface area contributed by atoms with Gasteiger partial charge in [0.05, 0.1) is 4.87 Å². The first kappa shape index (κ1) is 13.3. The molecule has 0 aromatic carbocycles. The Balaban J connectivity index is 1.67. The van der Waals surface area contributed by atoms with Crippen molar-refractivity contribution in [2.24, 2.45) is 5.92 Å². The lowest BCUT2D eigenvalue weighted by Crippen LogP contribution is -2.51. The molecule has 0 aromatic heterocycles. The summed E-state index contributed by atoms with van der Waals surface area (Å²) in [7, 11) is 1.89. The summed E-state index contributed by atoms with van der Waals surface area (Å²) in [5.41, 5.74) is 0. The van der Waals surface area contributed by atoms with E-state index in [1.807, 2.05) is 16.8 Å². The van der Waals surface area contributed by atoms with Gasteiger partial charge < -0.3 is 9.80 Å². The Hall–Kier alpha value is -0.710. The van der Waals surface area contributed by atoms with Crippen LogP contribution in [0.4, 0.5) is 0 Å². The molecule has 4 nitrogen and oxygen atoms in total. The molecule has 1 saturated carbocycles. The topological polar surface area (TPSA) is 40.6 Å². The van der Waals surface area contributed by atoms with Crippen LogP contribution in [0.2, 0.25) is 0 Å². The summed E-state index contributed by atoms with van der Waals surface area (Å²) in [6.45, 7) is 2.96. The van der Waals surface area contributed by atoms with E-state index in [4.69, 9.17) is 0 Å². The number of likely N-dealkylation sites (N-methyl/N-ethyl adjacent to an activating group) is 1. The molecule has 2 atom stereocenters. The highest BCUT2D eigenvalue weighted by Gasteiger charge is 2.53. The first-order valence-corrected chi connectivity index (χ1v) is 8.21. The van der Waals surface area contributed by atoms with Crippen molar-refractivity contribution in [3.8, 4) is 0 Å². The molecule has 5 heteroatoms. The Morgan fingerprint density at radius 1 is 1.53 bits per heavy atom.